The molecule has 2 nitrogen and oxygen atoms in total. The molecular formula is C15H19BrO2S. The molecule has 0 atom stereocenters. The van der Waals surface area contributed by atoms with Crippen LogP contribution in [0.2, 0.25) is 0 Å². The summed E-state index contributed by atoms with van der Waals surface area (Å²) in [5.74, 6) is 2.49. The van der Waals surface area contributed by atoms with E-state index in [1.54, 1.807) is 0 Å². The number of hydrogen-bond donors (Lipinski definition) is 1. The summed E-state index contributed by atoms with van der Waals surface area (Å²) in [6.07, 6.45) is 4.33. The molecule has 1 aromatic carbocycles. The first-order chi connectivity index (χ1) is 9.16. The minimum atomic E-state index is -0.713. The highest BCUT2D eigenvalue weighted by atomic mass is 79.9. The Hall–Kier alpha value is -0.480. The summed E-state index contributed by atoms with van der Waals surface area (Å²) in [7, 11) is 0. The van der Waals surface area contributed by atoms with E-state index in [2.05, 4.69) is 34.1 Å². The van der Waals surface area contributed by atoms with Crippen LogP contribution in [0.4, 0.5) is 0 Å². The third-order valence-corrected chi connectivity index (χ3v) is 5.32. The van der Waals surface area contributed by atoms with Gasteiger partial charge in [0.1, 0.15) is 0 Å². The summed E-state index contributed by atoms with van der Waals surface area (Å²) < 4.78 is 1.19. The SMILES string of the molecule is O=C(O)CCCc1ccc(C2CCSCC2)c(Br)c1. The van der Waals surface area contributed by atoms with Gasteiger partial charge in [-0.1, -0.05) is 28.1 Å². The van der Waals surface area contributed by atoms with Gasteiger partial charge in [0.2, 0.25) is 0 Å². The minimum absolute atomic E-state index is 0.249. The van der Waals surface area contributed by atoms with Crippen LogP contribution >= 0.6 is 27.7 Å². The summed E-state index contributed by atoms with van der Waals surface area (Å²) in [5.41, 5.74) is 2.64. The Bertz CT molecular complexity index is 442. The maximum Gasteiger partial charge on any atom is 0.303 e. The maximum atomic E-state index is 10.5. The lowest BCUT2D eigenvalue weighted by Gasteiger charge is -2.23. The molecule has 1 N–H and O–H groups in total. The molecule has 104 valence electrons. The summed E-state index contributed by atoms with van der Waals surface area (Å²) in [5, 5.41) is 8.65. The summed E-state index contributed by atoms with van der Waals surface area (Å²) in [6.45, 7) is 0. The summed E-state index contributed by atoms with van der Waals surface area (Å²) >= 11 is 5.73. The number of carbonyl (C=O) groups is 1. The second-order valence-corrected chi connectivity index (χ2v) is 7.07. The van der Waals surface area contributed by atoms with E-state index >= 15 is 0 Å². The van der Waals surface area contributed by atoms with Gasteiger partial charge < -0.3 is 5.11 Å². The van der Waals surface area contributed by atoms with Crippen molar-refractivity contribution in [2.45, 2.75) is 38.0 Å². The first kappa shape index (κ1) is 14.9. The predicted molar refractivity (Wildman–Crippen MR) is 84.0 cm³/mol. The average Bonchev–Trinajstić information content (AvgIpc) is 2.39. The van der Waals surface area contributed by atoms with Gasteiger partial charge in [0.05, 0.1) is 0 Å². The second kappa shape index (κ2) is 7.34. The summed E-state index contributed by atoms with van der Waals surface area (Å²) in [6, 6.07) is 6.55. The maximum absolute atomic E-state index is 10.5. The highest BCUT2D eigenvalue weighted by molar-refractivity contribution is 9.10. The molecule has 0 unspecified atom stereocenters. The van der Waals surface area contributed by atoms with Crippen LogP contribution in [-0.4, -0.2) is 22.6 Å². The van der Waals surface area contributed by atoms with E-state index in [4.69, 9.17) is 5.11 Å². The van der Waals surface area contributed by atoms with Gasteiger partial charge in [-0.3, -0.25) is 4.79 Å². The standard InChI is InChI=1S/C15H19BrO2S/c16-14-10-11(2-1-3-15(17)18)4-5-13(14)12-6-8-19-9-7-12/h4-5,10,12H,1-3,6-9H2,(H,17,18). The summed E-state index contributed by atoms with van der Waals surface area (Å²) in [4.78, 5) is 10.5. The number of halogens is 1. The van der Waals surface area contributed by atoms with Gasteiger partial charge in [0, 0.05) is 10.9 Å². The van der Waals surface area contributed by atoms with Crippen LogP contribution in [0.25, 0.3) is 0 Å². The lowest BCUT2D eigenvalue weighted by molar-refractivity contribution is -0.137. The van der Waals surface area contributed by atoms with E-state index in [1.807, 2.05) is 11.8 Å². The monoisotopic (exact) mass is 342 g/mol. The molecule has 1 heterocycles. The van der Waals surface area contributed by atoms with Crippen molar-refractivity contribution < 1.29 is 9.90 Å². The van der Waals surface area contributed by atoms with Crippen molar-refractivity contribution in [3.63, 3.8) is 0 Å². The van der Waals surface area contributed by atoms with Crippen molar-refractivity contribution in [2.75, 3.05) is 11.5 Å². The van der Waals surface area contributed by atoms with Gasteiger partial charge in [0.25, 0.3) is 0 Å². The Kier molecular flexibility index (Phi) is 5.76. The van der Waals surface area contributed by atoms with E-state index in [-0.39, 0.29) is 6.42 Å². The fraction of sp³-hybridized carbons (Fsp3) is 0.533. The first-order valence-corrected chi connectivity index (χ1v) is 8.69. The zero-order chi connectivity index (χ0) is 13.7. The largest absolute Gasteiger partial charge is 0.481 e. The van der Waals surface area contributed by atoms with E-state index in [0.717, 1.165) is 6.42 Å². The quantitative estimate of drug-likeness (QED) is 0.857. The van der Waals surface area contributed by atoms with Crippen molar-refractivity contribution in [2.24, 2.45) is 0 Å². The first-order valence-electron chi connectivity index (χ1n) is 6.74. The topological polar surface area (TPSA) is 37.3 Å². The van der Waals surface area contributed by atoms with Crippen molar-refractivity contribution in [1.82, 2.24) is 0 Å². The van der Waals surface area contributed by atoms with Crippen LogP contribution in [0.3, 0.4) is 0 Å². The third-order valence-electron chi connectivity index (χ3n) is 3.58. The van der Waals surface area contributed by atoms with Crippen LogP contribution in [0.1, 0.15) is 42.7 Å². The van der Waals surface area contributed by atoms with Gasteiger partial charge in [-0.15, -0.1) is 0 Å². The molecule has 1 aliphatic rings. The molecule has 1 saturated heterocycles. The van der Waals surface area contributed by atoms with Gasteiger partial charge in [-0.05, 0) is 60.3 Å². The molecule has 19 heavy (non-hydrogen) atoms. The Morgan fingerprint density at radius 3 is 2.74 bits per heavy atom. The molecule has 0 saturated carbocycles. The molecule has 1 aromatic rings. The number of rotatable bonds is 5. The molecular weight excluding hydrogens is 324 g/mol. The van der Waals surface area contributed by atoms with Crippen LogP contribution in [0.5, 0.6) is 0 Å². The number of carboxylic acid groups (broad SMARTS) is 1. The van der Waals surface area contributed by atoms with E-state index in [1.165, 1.54) is 39.9 Å². The number of carboxylic acids is 1. The normalized spacial score (nSPS) is 16.5. The molecule has 0 amide bonds. The van der Waals surface area contributed by atoms with Crippen molar-refractivity contribution in [3.8, 4) is 0 Å². The Morgan fingerprint density at radius 2 is 2.11 bits per heavy atom. The van der Waals surface area contributed by atoms with Crippen molar-refractivity contribution in [1.29, 1.82) is 0 Å². The van der Waals surface area contributed by atoms with E-state index in [9.17, 15) is 4.79 Å². The Labute approximate surface area is 127 Å². The molecule has 0 aromatic heterocycles. The van der Waals surface area contributed by atoms with Gasteiger partial charge in [-0.25, -0.2) is 0 Å². The lowest BCUT2D eigenvalue weighted by Crippen LogP contribution is -2.08. The van der Waals surface area contributed by atoms with Gasteiger partial charge in [0.15, 0.2) is 0 Å². The fourth-order valence-electron chi connectivity index (χ4n) is 2.51. The highest BCUT2D eigenvalue weighted by Gasteiger charge is 2.18. The molecule has 1 fully saturated rings. The molecule has 1 aliphatic heterocycles. The van der Waals surface area contributed by atoms with Crippen LogP contribution in [0, 0.1) is 0 Å². The fourth-order valence-corrected chi connectivity index (χ4v) is 4.37. The third kappa shape index (κ3) is 4.53. The van der Waals surface area contributed by atoms with Gasteiger partial charge in [-0.2, -0.15) is 11.8 Å². The lowest BCUT2D eigenvalue weighted by atomic mass is 9.92. The van der Waals surface area contributed by atoms with Gasteiger partial charge >= 0.3 is 5.97 Å². The number of aryl methyl sites for hydroxylation is 1. The zero-order valence-corrected chi connectivity index (χ0v) is 13.3. The zero-order valence-electron chi connectivity index (χ0n) is 10.9. The molecule has 0 radical (unpaired) electrons. The smallest absolute Gasteiger partial charge is 0.303 e. The molecule has 0 spiro atoms. The number of hydrogen-bond acceptors (Lipinski definition) is 2. The molecule has 2 rings (SSSR count). The number of thioether (sulfide) groups is 1. The molecule has 0 bridgehead atoms. The second-order valence-electron chi connectivity index (χ2n) is 4.99. The molecule has 4 heteroatoms. The highest BCUT2D eigenvalue weighted by Crippen LogP contribution is 2.35. The van der Waals surface area contributed by atoms with E-state index < -0.39 is 5.97 Å². The Morgan fingerprint density at radius 1 is 1.37 bits per heavy atom. The van der Waals surface area contributed by atoms with Crippen molar-refractivity contribution >= 4 is 33.7 Å². The van der Waals surface area contributed by atoms with Crippen LogP contribution < -0.4 is 0 Å². The van der Waals surface area contributed by atoms with E-state index in [0.29, 0.717) is 12.3 Å². The number of benzene rings is 1. The van der Waals surface area contributed by atoms with Crippen LogP contribution in [0.15, 0.2) is 22.7 Å². The van der Waals surface area contributed by atoms with Crippen LogP contribution in [-0.2, 0) is 11.2 Å². The number of aliphatic carboxylic acids is 1. The average molecular weight is 343 g/mol. The molecule has 0 aliphatic carbocycles. The minimum Gasteiger partial charge on any atom is -0.481 e. The predicted octanol–water partition coefficient (Wildman–Crippen LogP) is 4.47. The Balaban J connectivity index is 1.98. The van der Waals surface area contributed by atoms with Crippen molar-refractivity contribution in [3.05, 3.63) is 33.8 Å².